The van der Waals surface area contributed by atoms with Crippen LogP contribution in [0.4, 0.5) is 4.79 Å². The minimum atomic E-state index is -0.481. The van der Waals surface area contributed by atoms with E-state index in [2.05, 4.69) is 15.5 Å². The van der Waals surface area contributed by atoms with Gasteiger partial charge in [-0.1, -0.05) is 23.7 Å². The molecule has 1 saturated carbocycles. The number of nitrogens with zero attached hydrogens (tertiary/aromatic N) is 2. The number of alkyl carbamates (subject to hydrolysis) is 1. The van der Waals surface area contributed by atoms with Crippen LogP contribution in [0.15, 0.2) is 28.7 Å². The molecule has 1 amide bonds. The summed E-state index contributed by atoms with van der Waals surface area (Å²) in [6.45, 7) is 5.59. The molecule has 27 heavy (non-hydrogen) atoms. The zero-order valence-corrected chi connectivity index (χ0v) is 16.8. The van der Waals surface area contributed by atoms with Crippen molar-refractivity contribution in [3.05, 3.63) is 46.6 Å². The van der Waals surface area contributed by atoms with Crippen LogP contribution in [0.5, 0.6) is 0 Å². The molecular formula is C20H26ClN3O3. The fourth-order valence-corrected chi connectivity index (χ4v) is 3.36. The van der Waals surface area contributed by atoms with E-state index in [9.17, 15) is 4.79 Å². The van der Waals surface area contributed by atoms with Crippen molar-refractivity contribution >= 4 is 17.7 Å². The Morgan fingerprint density at radius 3 is 2.48 bits per heavy atom. The Labute approximate surface area is 164 Å². The van der Waals surface area contributed by atoms with Crippen molar-refractivity contribution in [2.24, 2.45) is 0 Å². The van der Waals surface area contributed by atoms with Crippen LogP contribution in [0.2, 0.25) is 5.02 Å². The van der Waals surface area contributed by atoms with Crippen LogP contribution < -0.4 is 5.32 Å². The molecule has 1 aromatic carbocycles. The number of benzene rings is 1. The predicted octanol–water partition coefficient (Wildman–Crippen LogP) is 4.86. The Balaban J connectivity index is 1.49. The van der Waals surface area contributed by atoms with Gasteiger partial charge in [-0.05, 0) is 64.2 Å². The summed E-state index contributed by atoms with van der Waals surface area (Å²) in [4.78, 5) is 11.9. The van der Waals surface area contributed by atoms with Gasteiger partial charge < -0.3 is 14.5 Å². The SMILES string of the molecule is CC(C)(C)OC(=O)N[C@H]1CC[C@H](c2nnc(Cc3ccc(Cl)cc3)o2)CC1. The first-order chi connectivity index (χ1) is 12.8. The van der Waals surface area contributed by atoms with Crippen LogP contribution in [-0.4, -0.2) is 27.9 Å². The summed E-state index contributed by atoms with van der Waals surface area (Å²) in [6, 6.07) is 7.76. The summed E-state index contributed by atoms with van der Waals surface area (Å²) < 4.78 is 11.2. The third-order valence-electron chi connectivity index (χ3n) is 4.55. The lowest BCUT2D eigenvalue weighted by Gasteiger charge is -2.28. The molecule has 0 bridgehead atoms. The van der Waals surface area contributed by atoms with Gasteiger partial charge in [0.2, 0.25) is 11.8 Å². The molecule has 0 unspecified atom stereocenters. The molecule has 1 fully saturated rings. The van der Waals surface area contributed by atoms with E-state index in [1.165, 1.54) is 0 Å². The normalized spacial score (nSPS) is 20.3. The summed E-state index contributed by atoms with van der Waals surface area (Å²) >= 11 is 5.91. The predicted molar refractivity (Wildman–Crippen MR) is 103 cm³/mol. The Hall–Kier alpha value is -2.08. The fraction of sp³-hybridized carbons (Fsp3) is 0.550. The third-order valence-corrected chi connectivity index (χ3v) is 4.80. The van der Waals surface area contributed by atoms with E-state index in [4.69, 9.17) is 20.8 Å². The van der Waals surface area contributed by atoms with Crippen LogP contribution in [-0.2, 0) is 11.2 Å². The van der Waals surface area contributed by atoms with Crippen LogP contribution in [0, 0.1) is 0 Å². The molecule has 2 aromatic rings. The summed E-state index contributed by atoms with van der Waals surface area (Å²) in [5.41, 5.74) is 0.603. The lowest BCUT2D eigenvalue weighted by molar-refractivity contribution is 0.0490. The minimum Gasteiger partial charge on any atom is -0.444 e. The minimum absolute atomic E-state index is 0.132. The van der Waals surface area contributed by atoms with Crippen molar-refractivity contribution in [1.29, 1.82) is 0 Å². The second-order valence-electron chi connectivity index (χ2n) is 8.03. The number of rotatable bonds is 4. The molecule has 1 N–H and O–H groups in total. The number of ether oxygens (including phenoxy) is 1. The van der Waals surface area contributed by atoms with Crippen molar-refractivity contribution in [2.75, 3.05) is 0 Å². The Morgan fingerprint density at radius 1 is 1.19 bits per heavy atom. The summed E-state index contributed by atoms with van der Waals surface area (Å²) in [5, 5.41) is 12.1. The van der Waals surface area contributed by atoms with Crippen molar-refractivity contribution in [3.63, 3.8) is 0 Å². The second-order valence-corrected chi connectivity index (χ2v) is 8.47. The summed E-state index contributed by atoms with van der Waals surface area (Å²) in [6.07, 6.45) is 3.80. The number of nitrogens with one attached hydrogen (secondary N) is 1. The number of carbonyl (C=O) groups excluding carboxylic acids is 1. The molecular weight excluding hydrogens is 366 g/mol. The molecule has 1 aliphatic carbocycles. The average Bonchev–Trinajstić information content (AvgIpc) is 3.04. The van der Waals surface area contributed by atoms with Gasteiger partial charge in [0.15, 0.2) is 0 Å². The highest BCUT2D eigenvalue weighted by atomic mass is 35.5. The van der Waals surface area contributed by atoms with Gasteiger partial charge in [-0.2, -0.15) is 0 Å². The maximum Gasteiger partial charge on any atom is 0.407 e. The lowest BCUT2D eigenvalue weighted by atomic mass is 9.86. The van der Waals surface area contributed by atoms with Gasteiger partial charge in [0, 0.05) is 17.0 Å². The topological polar surface area (TPSA) is 77.2 Å². The van der Waals surface area contributed by atoms with Gasteiger partial charge in [-0.15, -0.1) is 10.2 Å². The average molecular weight is 392 g/mol. The van der Waals surface area contributed by atoms with E-state index in [1.54, 1.807) is 0 Å². The Kier molecular flexibility index (Phi) is 6.05. The quantitative estimate of drug-likeness (QED) is 0.804. The van der Waals surface area contributed by atoms with Crippen LogP contribution >= 0.6 is 11.6 Å². The van der Waals surface area contributed by atoms with E-state index >= 15 is 0 Å². The number of aromatic nitrogens is 2. The molecule has 0 radical (unpaired) electrons. The largest absolute Gasteiger partial charge is 0.444 e. The zero-order valence-electron chi connectivity index (χ0n) is 16.0. The molecule has 146 valence electrons. The van der Waals surface area contributed by atoms with Crippen molar-refractivity contribution < 1.29 is 13.9 Å². The highest BCUT2D eigenvalue weighted by Gasteiger charge is 2.28. The number of amides is 1. The molecule has 3 rings (SSSR count). The van der Waals surface area contributed by atoms with Gasteiger partial charge in [0.05, 0.1) is 6.42 Å². The van der Waals surface area contributed by atoms with Gasteiger partial charge in [0.25, 0.3) is 0 Å². The van der Waals surface area contributed by atoms with Crippen LogP contribution in [0.3, 0.4) is 0 Å². The highest BCUT2D eigenvalue weighted by Crippen LogP contribution is 2.32. The molecule has 1 aliphatic rings. The van der Waals surface area contributed by atoms with E-state index in [-0.39, 0.29) is 18.1 Å². The molecule has 7 heteroatoms. The molecule has 0 atom stereocenters. The number of carbonyl (C=O) groups is 1. The maximum atomic E-state index is 11.9. The van der Waals surface area contributed by atoms with E-state index < -0.39 is 5.60 Å². The summed E-state index contributed by atoms with van der Waals surface area (Å²) in [7, 11) is 0. The third kappa shape index (κ3) is 5.96. The van der Waals surface area contributed by atoms with E-state index in [0.717, 1.165) is 31.2 Å². The fourth-order valence-electron chi connectivity index (χ4n) is 3.24. The first-order valence-electron chi connectivity index (χ1n) is 9.35. The van der Waals surface area contributed by atoms with Crippen molar-refractivity contribution in [2.45, 2.75) is 70.4 Å². The van der Waals surface area contributed by atoms with E-state index in [0.29, 0.717) is 23.2 Å². The number of halogens is 1. The molecule has 0 aliphatic heterocycles. The monoisotopic (exact) mass is 391 g/mol. The molecule has 0 saturated heterocycles. The Morgan fingerprint density at radius 2 is 1.85 bits per heavy atom. The second kappa shape index (κ2) is 8.30. The smallest absolute Gasteiger partial charge is 0.407 e. The lowest BCUT2D eigenvalue weighted by Crippen LogP contribution is -2.40. The van der Waals surface area contributed by atoms with E-state index in [1.807, 2.05) is 45.0 Å². The van der Waals surface area contributed by atoms with Gasteiger partial charge in [-0.25, -0.2) is 4.79 Å². The standard InChI is InChI=1S/C20H26ClN3O3/c1-20(2,3)27-19(25)22-16-10-6-14(7-11-16)18-24-23-17(26-18)12-13-4-8-15(21)9-5-13/h4-5,8-9,14,16H,6-7,10-12H2,1-3H3,(H,22,25)/t14-,16-. The van der Waals surface area contributed by atoms with Crippen molar-refractivity contribution in [1.82, 2.24) is 15.5 Å². The molecule has 1 aromatic heterocycles. The highest BCUT2D eigenvalue weighted by molar-refractivity contribution is 6.30. The van der Waals surface area contributed by atoms with Crippen LogP contribution in [0.1, 0.15) is 69.7 Å². The van der Waals surface area contributed by atoms with Crippen molar-refractivity contribution in [3.8, 4) is 0 Å². The molecule has 1 heterocycles. The number of hydrogen-bond acceptors (Lipinski definition) is 5. The Bertz CT molecular complexity index is 760. The van der Waals surface area contributed by atoms with Crippen LogP contribution in [0.25, 0.3) is 0 Å². The first kappa shape index (κ1) is 19.7. The van der Waals surface area contributed by atoms with Gasteiger partial charge in [0.1, 0.15) is 5.60 Å². The summed E-state index contributed by atoms with van der Waals surface area (Å²) in [5.74, 6) is 1.55. The van der Waals surface area contributed by atoms with Gasteiger partial charge >= 0.3 is 6.09 Å². The van der Waals surface area contributed by atoms with Gasteiger partial charge in [-0.3, -0.25) is 0 Å². The molecule has 0 spiro atoms. The maximum absolute atomic E-state index is 11.9. The molecule has 6 nitrogen and oxygen atoms in total. The first-order valence-corrected chi connectivity index (χ1v) is 9.72. The number of hydrogen-bond donors (Lipinski definition) is 1. The zero-order chi connectivity index (χ0) is 19.4.